The number of carbonyl (C=O) groups is 2. The van der Waals surface area contributed by atoms with Crippen LogP contribution < -0.4 is 5.32 Å². The molecular formula is C15H15BrN2O2. The predicted molar refractivity (Wildman–Crippen MR) is 81.9 cm³/mol. The Hall–Kier alpha value is -1.88. The minimum absolute atomic E-state index is 0.0720. The Bertz CT molecular complexity index is 635. The number of hydrogen-bond donors (Lipinski definition) is 1. The largest absolute Gasteiger partial charge is 0.345 e. The number of aromatic nitrogens is 1. The van der Waals surface area contributed by atoms with Gasteiger partial charge in [0, 0.05) is 29.3 Å². The van der Waals surface area contributed by atoms with Crippen LogP contribution in [0.25, 0.3) is 0 Å². The van der Waals surface area contributed by atoms with Crippen LogP contribution in [0.1, 0.15) is 22.5 Å². The number of amides is 1. The van der Waals surface area contributed by atoms with E-state index in [0.717, 1.165) is 22.0 Å². The van der Waals surface area contributed by atoms with Crippen LogP contribution in [0.15, 0.2) is 41.0 Å². The molecule has 0 aliphatic carbocycles. The maximum atomic E-state index is 11.9. The van der Waals surface area contributed by atoms with E-state index in [1.54, 1.807) is 22.9 Å². The standard InChI is InChI=1S/C15H15BrN2O2/c1-11-9-12(4-5-14(11)16)17-15(20)6-8-18-7-2-3-13(18)10-19/h2-5,7,9-10H,6,8H2,1H3,(H,17,20). The summed E-state index contributed by atoms with van der Waals surface area (Å²) in [5.74, 6) is -0.0720. The van der Waals surface area contributed by atoms with Crippen LogP contribution in [0.5, 0.6) is 0 Å². The molecule has 0 fully saturated rings. The van der Waals surface area contributed by atoms with Crippen molar-refractivity contribution in [3.8, 4) is 0 Å². The fourth-order valence-electron chi connectivity index (χ4n) is 1.91. The molecule has 104 valence electrons. The van der Waals surface area contributed by atoms with Gasteiger partial charge >= 0.3 is 0 Å². The van der Waals surface area contributed by atoms with Crippen LogP contribution in [0.2, 0.25) is 0 Å². The van der Waals surface area contributed by atoms with Crippen LogP contribution in [0, 0.1) is 6.92 Å². The first-order chi connectivity index (χ1) is 9.60. The van der Waals surface area contributed by atoms with Crippen molar-refractivity contribution >= 4 is 33.8 Å². The van der Waals surface area contributed by atoms with Crippen molar-refractivity contribution in [3.63, 3.8) is 0 Å². The lowest BCUT2D eigenvalue weighted by atomic mass is 10.2. The van der Waals surface area contributed by atoms with Gasteiger partial charge in [0.25, 0.3) is 0 Å². The van der Waals surface area contributed by atoms with Gasteiger partial charge in [-0.3, -0.25) is 9.59 Å². The number of anilines is 1. The quantitative estimate of drug-likeness (QED) is 0.852. The van der Waals surface area contributed by atoms with E-state index < -0.39 is 0 Å². The summed E-state index contributed by atoms with van der Waals surface area (Å²) >= 11 is 3.42. The lowest BCUT2D eigenvalue weighted by Crippen LogP contribution is -2.15. The first kappa shape index (κ1) is 14.5. The number of halogens is 1. The molecule has 1 N–H and O–H groups in total. The molecule has 0 bridgehead atoms. The Balaban J connectivity index is 1.92. The van der Waals surface area contributed by atoms with Gasteiger partial charge < -0.3 is 9.88 Å². The minimum atomic E-state index is -0.0720. The van der Waals surface area contributed by atoms with Crippen molar-refractivity contribution in [1.82, 2.24) is 4.57 Å². The van der Waals surface area contributed by atoms with E-state index in [9.17, 15) is 9.59 Å². The zero-order valence-corrected chi connectivity index (χ0v) is 12.7. The van der Waals surface area contributed by atoms with E-state index in [4.69, 9.17) is 0 Å². The lowest BCUT2D eigenvalue weighted by Gasteiger charge is -2.08. The minimum Gasteiger partial charge on any atom is -0.345 e. The van der Waals surface area contributed by atoms with Crippen LogP contribution in [0.4, 0.5) is 5.69 Å². The molecule has 1 heterocycles. The highest BCUT2D eigenvalue weighted by Gasteiger charge is 2.06. The average molecular weight is 335 g/mol. The molecule has 0 aliphatic heterocycles. The molecule has 0 saturated carbocycles. The van der Waals surface area contributed by atoms with Gasteiger partial charge in [-0.2, -0.15) is 0 Å². The number of benzene rings is 1. The monoisotopic (exact) mass is 334 g/mol. The third kappa shape index (κ3) is 3.57. The number of carbonyl (C=O) groups excluding carboxylic acids is 2. The van der Waals surface area contributed by atoms with Crippen molar-refractivity contribution in [2.45, 2.75) is 19.9 Å². The molecule has 0 atom stereocenters. The lowest BCUT2D eigenvalue weighted by molar-refractivity contribution is -0.116. The van der Waals surface area contributed by atoms with Crippen molar-refractivity contribution < 1.29 is 9.59 Å². The molecule has 0 radical (unpaired) electrons. The molecule has 2 aromatic rings. The zero-order valence-electron chi connectivity index (χ0n) is 11.1. The normalized spacial score (nSPS) is 10.3. The highest BCUT2D eigenvalue weighted by molar-refractivity contribution is 9.10. The number of nitrogens with zero attached hydrogens (tertiary/aromatic N) is 1. The van der Waals surface area contributed by atoms with E-state index in [1.165, 1.54) is 0 Å². The maximum absolute atomic E-state index is 11.9. The number of aryl methyl sites for hydroxylation is 2. The number of rotatable bonds is 5. The van der Waals surface area contributed by atoms with E-state index in [2.05, 4.69) is 21.2 Å². The summed E-state index contributed by atoms with van der Waals surface area (Å²) in [6.45, 7) is 2.46. The maximum Gasteiger partial charge on any atom is 0.226 e. The van der Waals surface area contributed by atoms with Crippen LogP contribution >= 0.6 is 15.9 Å². The number of nitrogens with one attached hydrogen (secondary N) is 1. The van der Waals surface area contributed by atoms with Crippen LogP contribution in [0.3, 0.4) is 0 Å². The molecular weight excluding hydrogens is 320 g/mol. The summed E-state index contributed by atoms with van der Waals surface area (Å²) in [6, 6.07) is 9.18. The van der Waals surface area contributed by atoms with Crippen molar-refractivity contribution in [2.24, 2.45) is 0 Å². The first-order valence-electron chi connectivity index (χ1n) is 6.26. The number of aldehydes is 1. The second-order valence-electron chi connectivity index (χ2n) is 4.51. The fraction of sp³-hybridized carbons (Fsp3) is 0.200. The van der Waals surface area contributed by atoms with E-state index in [0.29, 0.717) is 18.7 Å². The molecule has 1 amide bonds. The Kier molecular flexibility index (Phi) is 4.74. The van der Waals surface area contributed by atoms with Gasteiger partial charge in [-0.1, -0.05) is 15.9 Å². The molecule has 0 unspecified atom stereocenters. The van der Waals surface area contributed by atoms with Gasteiger partial charge in [0.1, 0.15) is 0 Å². The van der Waals surface area contributed by atoms with E-state index in [-0.39, 0.29) is 5.91 Å². The van der Waals surface area contributed by atoms with Crippen LogP contribution in [-0.4, -0.2) is 16.8 Å². The summed E-state index contributed by atoms with van der Waals surface area (Å²) in [5.41, 5.74) is 2.42. The third-order valence-electron chi connectivity index (χ3n) is 3.01. The summed E-state index contributed by atoms with van der Waals surface area (Å²) in [5, 5.41) is 2.85. The summed E-state index contributed by atoms with van der Waals surface area (Å²) < 4.78 is 2.78. The predicted octanol–water partition coefficient (Wildman–Crippen LogP) is 3.40. The molecule has 0 saturated heterocycles. The third-order valence-corrected chi connectivity index (χ3v) is 3.90. The van der Waals surface area contributed by atoms with Gasteiger partial charge in [-0.25, -0.2) is 0 Å². The van der Waals surface area contributed by atoms with Gasteiger partial charge in [0.05, 0.1) is 5.69 Å². The number of hydrogen-bond acceptors (Lipinski definition) is 2. The molecule has 0 aliphatic rings. The summed E-state index contributed by atoms with van der Waals surface area (Å²) in [7, 11) is 0. The van der Waals surface area contributed by atoms with E-state index in [1.807, 2.05) is 25.1 Å². The first-order valence-corrected chi connectivity index (χ1v) is 7.06. The molecule has 2 rings (SSSR count). The van der Waals surface area contributed by atoms with Crippen molar-refractivity contribution in [2.75, 3.05) is 5.32 Å². The second-order valence-corrected chi connectivity index (χ2v) is 5.36. The average Bonchev–Trinajstić information content (AvgIpc) is 2.88. The van der Waals surface area contributed by atoms with Crippen molar-refractivity contribution in [1.29, 1.82) is 0 Å². The van der Waals surface area contributed by atoms with Gasteiger partial charge in [-0.15, -0.1) is 0 Å². The fourth-order valence-corrected chi connectivity index (χ4v) is 2.15. The molecule has 0 spiro atoms. The molecule has 20 heavy (non-hydrogen) atoms. The SMILES string of the molecule is Cc1cc(NC(=O)CCn2cccc2C=O)ccc1Br. The van der Waals surface area contributed by atoms with Crippen molar-refractivity contribution in [3.05, 3.63) is 52.3 Å². The summed E-state index contributed by atoms with van der Waals surface area (Å²) in [4.78, 5) is 22.6. The summed E-state index contributed by atoms with van der Waals surface area (Å²) in [6.07, 6.45) is 2.90. The molecule has 1 aromatic carbocycles. The van der Waals surface area contributed by atoms with Gasteiger partial charge in [0.15, 0.2) is 6.29 Å². The Morgan fingerprint density at radius 3 is 2.90 bits per heavy atom. The second kappa shape index (κ2) is 6.52. The molecule has 1 aromatic heterocycles. The van der Waals surface area contributed by atoms with E-state index >= 15 is 0 Å². The Labute approximate surface area is 125 Å². The zero-order chi connectivity index (χ0) is 14.5. The topological polar surface area (TPSA) is 51.1 Å². The highest BCUT2D eigenvalue weighted by atomic mass is 79.9. The smallest absolute Gasteiger partial charge is 0.226 e. The van der Waals surface area contributed by atoms with Gasteiger partial charge in [0.2, 0.25) is 5.91 Å². The van der Waals surface area contributed by atoms with Gasteiger partial charge in [-0.05, 0) is 42.8 Å². The van der Waals surface area contributed by atoms with Crippen LogP contribution in [-0.2, 0) is 11.3 Å². The molecule has 5 heteroatoms. The highest BCUT2D eigenvalue weighted by Crippen LogP contribution is 2.20. The Morgan fingerprint density at radius 1 is 1.40 bits per heavy atom. The molecule has 4 nitrogen and oxygen atoms in total. The Morgan fingerprint density at radius 2 is 2.20 bits per heavy atom.